The fourth-order valence-electron chi connectivity index (χ4n) is 0.686. The molecule has 1 aromatic rings. The molecule has 0 heterocycles. The van der Waals surface area contributed by atoms with Crippen LogP contribution in [0.3, 0.4) is 0 Å². The van der Waals surface area contributed by atoms with E-state index in [-0.39, 0.29) is 6.61 Å². The summed E-state index contributed by atoms with van der Waals surface area (Å²) in [6.45, 7) is 4.05. The van der Waals surface area contributed by atoms with E-state index in [9.17, 15) is 4.79 Å². The molecule has 0 saturated carbocycles. The molecular weight excluding hydrogens is 226 g/mol. The van der Waals surface area contributed by atoms with Crippen molar-refractivity contribution in [2.75, 3.05) is 20.7 Å². The second-order valence-electron chi connectivity index (χ2n) is 2.41. The van der Waals surface area contributed by atoms with Crippen molar-refractivity contribution in [3.05, 3.63) is 29.3 Å². The Morgan fingerprint density at radius 2 is 1.81 bits per heavy atom. The highest BCUT2D eigenvalue weighted by Crippen LogP contribution is 2.22. The SMILES string of the molecule is CC.CNC.O=CCOc1ccccc1Cl. The van der Waals surface area contributed by atoms with Gasteiger partial charge in [0.25, 0.3) is 0 Å². The lowest BCUT2D eigenvalue weighted by Crippen LogP contribution is -1.97. The molecule has 4 heteroatoms. The summed E-state index contributed by atoms with van der Waals surface area (Å²) in [5, 5.41) is 3.27. The first-order chi connectivity index (χ1) is 7.76. The quantitative estimate of drug-likeness (QED) is 0.833. The molecule has 1 aromatic carbocycles. The number of halogens is 1. The van der Waals surface area contributed by atoms with Crippen LogP contribution in [0.25, 0.3) is 0 Å². The maximum Gasteiger partial charge on any atom is 0.157 e. The highest BCUT2D eigenvalue weighted by Gasteiger charge is 1.96. The number of nitrogens with one attached hydrogen (secondary N) is 1. The summed E-state index contributed by atoms with van der Waals surface area (Å²) < 4.78 is 4.99. The van der Waals surface area contributed by atoms with Gasteiger partial charge in [-0.05, 0) is 26.2 Å². The van der Waals surface area contributed by atoms with Gasteiger partial charge in [0.05, 0.1) is 5.02 Å². The largest absolute Gasteiger partial charge is 0.485 e. The van der Waals surface area contributed by atoms with E-state index in [2.05, 4.69) is 5.32 Å². The molecule has 1 N–H and O–H groups in total. The summed E-state index contributed by atoms with van der Waals surface area (Å²) in [7, 11) is 3.75. The van der Waals surface area contributed by atoms with Crippen LogP contribution in [0.1, 0.15) is 13.8 Å². The Balaban J connectivity index is 0. The number of rotatable bonds is 3. The van der Waals surface area contributed by atoms with Gasteiger partial charge < -0.3 is 10.1 Å². The van der Waals surface area contributed by atoms with Crippen molar-refractivity contribution < 1.29 is 9.53 Å². The van der Waals surface area contributed by atoms with Gasteiger partial charge in [-0.15, -0.1) is 0 Å². The third-order valence-corrected chi connectivity index (χ3v) is 1.46. The molecule has 0 atom stereocenters. The van der Waals surface area contributed by atoms with Crippen molar-refractivity contribution in [2.45, 2.75) is 13.8 Å². The Morgan fingerprint density at radius 1 is 1.31 bits per heavy atom. The van der Waals surface area contributed by atoms with Crippen LogP contribution >= 0.6 is 11.6 Å². The molecule has 92 valence electrons. The normalized spacial score (nSPS) is 7.81. The van der Waals surface area contributed by atoms with Crippen molar-refractivity contribution in [1.82, 2.24) is 5.32 Å². The number of ether oxygens (including phenoxy) is 1. The van der Waals surface area contributed by atoms with Gasteiger partial charge >= 0.3 is 0 Å². The minimum absolute atomic E-state index is 0.0454. The summed E-state index contributed by atoms with van der Waals surface area (Å²) >= 11 is 5.72. The Labute approximate surface area is 103 Å². The predicted octanol–water partition coefficient (Wildman–Crippen LogP) is 2.78. The number of hydrogen-bond acceptors (Lipinski definition) is 3. The number of carbonyl (C=O) groups excluding carboxylic acids is 1. The van der Waals surface area contributed by atoms with E-state index in [1.807, 2.05) is 27.9 Å². The Hall–Kier alpha value is -1.06. The fourth-order valence-corrected chi connectivity index (χ4v) is 0.876. The van der Waals surface area contributed by atoms with Gasteiger partial charge in [-0.2, -0.15) is 0 Å². The average molecular weight is 246 g/mol. The highest BCUT2D eigenvalue weighted by molar-refractivity contribution is 6.32. The molecule has 0 radical (unpaired) electrons. The van der Waals surface area contributed by atoms with Crippen LogP contribution in [-0.4, -0.2) is 27.0 Å². The smallest absolute Gasteiger partial charge is 0.157 e. The molecule has 0 unspecified atom stereocenters. The first kappa shape index (κ1) is 17.3. The van der Waals surface area contributed by atoms with Gasteiger partial charge in [0.1, 0.15) is 12.4 Å². The van der Waals surface area contributed by atoms with Crippen LogP contribution in [0, 0.1) is 0 Å². The van der Waals surface area contributed by atoms with Crippen molar-refractivity contribution in [3.63, 3.8) is 0 Å². The first-order valence-electron chi connectivity index (χ1n) is 5.15. The predicted molar refractivity (Wildman–Crippen MR) is 69.3 cm³/mol. The monoisotopic (exact) mass is 245 g/mol. The van der Waals surface area contributed by atoms with Gasteiger partial charge in [0, 0.05) is 0 Å². The maximum absolute atomic E-state index is 9.92. The van der Waals surface area contributed by atoms with E-state index in [4.69, 9.17) is 16.3 Å². The van der Waals surface area contributed by atoms with Crippen LogP contribution < -0.4 is 10.1 Å². The van der Waals surface area contributed by atoms with Gasteiger partial charge in [-0.3, -0.25) is 4.79 Å². The van der Waals surface area contributed by atoms with E-state index in [0.717, 1.165) is 0 Å². The summed E-state index contributed by atoms with van der Waals surface area (Å²) in [5.74, 6) is 0.543. The van der Waals surface area contributed by atoms with E-state index in [1.165, 1.54) is 0 Å². The molecule has 0 aliphatic heterocycles. The van der Waals surface area contributed by atoms with Crippen LogP contribution in [0.2, 0.25) is 5.02 Å². The Kier molecular flexibility index (Phi) is 15.1. The summed E-state index contributed by atoms with van der Waals surface area (Å²) in [4.78, 5) is 9.92. The van der Waals surface area contributed by atoms with Crippen molar-refractivity contribution in [1.29, 1.82) is 0 Å². The summed E-state index contributed by atoms with van der Waals surface area (Å²) in [6.07, 6.45) is 0.684. The third-order valence-electron chi connectivity index (χ3n) is 1.14. The van der Waals surface area contributed by atoms with Crippen LogP contribution in [0.4, 0.5) is 0 Å². The lowest BCUT2D eigenvalue weighted by molar-refractivity contribution is -0.109. The van der Waals surface area contributed by atoms with Crippen molar-refractivity contribution in [2.24, 2.45) is 0 Å². The van der Waals surface area contributed by atoms with E-state index in [0.29, 0.717) is 17.1 Å². The number of carbonyl (C=O) groups is 1. The van der Waals surface area contributed by atoms with Crippen molar-refractivity contribution in [3.8, 4) is 5.75 Å². The lowest BCUT2D eigenvalue weighted by Gasteiger charge is -2.02. The average Bonchev–Trinajstić information content (AvgIpc) is 2.32. The molecular formula is C12H20ClNO2. The van der Waals surface area contributed by atoms with E-state index < -0.39 is 0 Å². The molecule has 0 aliphatic carbocycles. The molecule has 0 aliphatic rings. The van der Waals surface area contributed by atoms with E-state index >= 15 is 0 Å². The molecule has 1 rings (SSSR count). The molecule has 0 spiro atoms. The Bertz CT molecular complexity index is 267. The fraction of sp³-hybridized carbons (Fsp3) is 0.417. The number of para-hydroxylation sites is 1. The maximum atomic E-state index is 9.92. The van der Waals surface area contributed by atoms with Gasteiger partial charge in [-0.25, -0.2) is 0 Å². The zero-order valence-corrected chi connectivity index (χ0v) is 11.0. The first-order valence-corrected chi connectivity index (χ1v) is 5.53. The Morgan fingerprint density at radius 3 is 2.25 bits per heavy atom. The second-order valence-corrected chi connectivity index (χ2v) is 2.82. The lowest BCUT2D eigenvalue weighted by atomic mass is 10.3. The zero-order chi connectivity index (χ0) is 12.8. The molecule has 0 bridgehead atoms. The number of aldehydes is 1. The molecule has 0 saturated heterocycles. The van der Waals surface area contributed by atoms with Crippen molar-refractivity contribution >= 4 is 17.9 Å². The number of hydrogen-bond donors (Lipinski definition) is 1. The topological polar surface area (TPSA) is 38.3 Å². The molecule has 0 aromatic heterocycles. The van der Waals surface area contributed by atoms with Gasteiger partial charge in [0.15, 0.2) is 6.29 Å². The minimum Gasteiger partial charge on any atom is -0.485 e. The van der Waals surface area contributed by atoms with Gasteiger partial charge in [-0.1, -0.05) is 37.6 Å². The summed E-state index contributed by atoms with van der Waals surface area (Å²) in [5.41, 5.74) is 0. The van der Waals surface area contributed by atoms with Crippen LogP contribution in [0.15, 0.2) is 24.3 Å². The van der Waals surface area contributed by atoms with Crippen LogP contribution in [0.5, 0.6) is 5.75 Å². The third kappa shape index (κ3) is 9.49. The molecule has 0 fully saturated rings. The second kappa shape index (κ2) is 13.9. The summed E-state index contributed by atoms with van der Waals surface area (Å²) in [6, 6.07) is 7.02. The zero-order valence-electron chi connectivity index (χ0n) is 10.3. The molecule has 16 heavy (non-hydrogen) atoms. The standard InChI is InChI=1S/C8H7ClO2.C2H7N.C2H6/c9-7-3-1-2-4-8(7)11-6-5-10;1-3-2;1-2/h1-5H,6H2;3H,1-2H3;1-2H3. The highest BCUT2D eigenvalue weighted by atomic mass is 35.5. The molecule has 0 amide bonds. The van der Waals surface area contributed by atoms with Crippen LogP contribution in [-0.2, 0) is 4.79 Å². The van der Waals surface area contributed by atoms with E-state index in [1.54, 1.807) is 24.3 Å². The minimum atomic E-state index is 0.0454. The number of benzene rings is 1. The van der Waals surface area contributed by atoms with Gasteiger partial charge in [0.2, 0.25) is 0 Å². The molecule has 3 nitrogen and oxygen atoms in total.